The standard InChI is InChI=1S/C15H22O4/c1-4-7-8-9-10-11-12-15(18-13(16)5-2)19-14(17)6-3/h5-6,12H,2-4,7-11H2,1H3. The predicted molar refractivity (Wildman–Crippen MR) is 74.0 cm³/mol. The number of esters is 2. The zero-order valence-electron chi connectivity index (χ0n) is 11.5. The Morgan fingerprint density at radius 2 is 1.47 bits per heavy atom. The van der Waals surface area contributed by atoms with Crippen LogP contribution in [0.25, 0.3) is 0 Å². The van der Waals surface area contributed by atoms with Gasteiger partial charge in [0.05, 0.1) is 0 Å². The van der Waals surface area contributed by atoms with Crippen LogP contribution in [0.4, 0.5) is 0 Å². The fourth-order valence-electron chi connectivity index (χ4n) is 1.35. The van der Waals surface area contributed by atoms with Crippen LogP contribution < -0.4 is 0 Å². The molecule has 0 aromatic rings. The first-order valence-corrected chi connectivity index (χ1v) is 6.52. The van der Waals surface area contributed by atoms with Gasteiger partial charge in [-0.25, -0.2) is 9.59 Å². The molecule has 0 saturated heterocycles. The van der Waals surface area contributed by atoms with Crippen LogP contribution in [0.2, 0.25) is 0 Å². The van der Waals surface area contributed by atoms with Crippen molar-refractivity contribution in [1.82, 2.24) is 0 Å². The van der Waals surface area contributed by atoms with Crippen LogP contribution >= 0.6 is 0 Å². The summed E-state index contributed by atoms with van der Waals surface area (Å²) in [6.07, 6.45) is 9.94. The van der Waals surface area contributed by atoms with Crippen LogP contribution in [0, 0.1) is 0 Å². The van der Waals surface area contributed by atoms with Crippen LogP contribution in [0.15, 0.2) is 37.3 Å². The minimum absolute atomic E-state index is 0.106. The summed E-state index contributed by atoms with van der Waals surface area (Å²) < 4.78 is 9.63. The topological polar surface area (TPSA) is 52.6 Å². The molecule has 0 unspecified atom stereocenters. The zero-order valence-corrected chi connectivity index (χ0v) is 11.5. The van der Waals surface area contributed by atoms with Crippen molar-refractivity contribution in [2.24, 2.45) is 0 Å². The third kappa shape index (κ3) is 9.83. The number of hydrogen-bond acceptors (Lipinski definition) is 4. The Bertz CT molecular complexity index is 318. The molecule has 0 aliphatic rings. The number of ether oxygens (including phenoxy) is 2. The molecule has 0 aliphatic carbocycles. The highest BCUT2D eigenvalue weighted by Gasteiger charge is 2.08. The van der Waals surface area contributed by atoms with E-state index in [0.29, 0.717) is 6.42 Å². The van der Waals surface area contributed by atoms with Crippen LogP contribution in [-0.4, -0.2) is 11.9 Å². The minimum Gasteiger partial charge on any atom is -0.390 e. The first kappa shape index (κ1) is 17.2. The second-order valence-corrected chi connectivity index (χ2v) is 3.98. The SMILES string of the molecule is C=CC(=O)OC(=CCCCCCCC)OC(=O)C=C. The van der Waals surface area contributed by atoms with Crippen LogP contribution in [-0.2, 0) is 19.1 Å². The quantitative estimate of drug-likeness (QED) is 0.262. The highest BCUT2D eigenvalue weighted by molar-refractivity contribution is 5.84. The maximum atomic E-state index is 11.1. The van der Waals surface area contributed by atoms with Crippen molar-refractivity contribution < 1.29 is 19.1 Å². The molecule has 0 spiro atoms. The Morgan fingerprint density at radius 3 is 1.95 bits per heavy atom. The van der Waals surface area contributed by atoms with E-state index in [-0.39, 0.29) is 5.95 Å². The van der Waals surface area contributed by atoms with Gasteiger partial charge in [0.15, 0.2) is 0 Å². The van der Waals surface area contributed by atoms with E-state index < -0.39 is 11.9 Å². The Balaban J connectivity index is 4.21. The van der Waals surface area contributed by atoms with Gasteiger partial charge in [-0.1, -0.05) is 45.8 Å². The highest BCUT2D eigenvalue weighted by atomic mass is 16.7. The van der Waals surface area contributed by atoms with E-state index in [1.807, 2.05) is 0 Å². The molecule has 0 atom stereocenters. The molecule has 19 heavy (non-hydrogen) atoms. The van der Waals surface area contributed by atoms with Gasteiger partial charge in [0.25, 0.3) is 5.95 Å². The second kappa shape index (κ2) is 11.3. The molecule has 0 N–H and O–H groups in total. The summed E-state index contributed by atoms with van der Waals surface area (Å²) in [4.78, 5) is 22.1. The van der Waals surface area contributed by atoms with Gasteiger partial charge in [0.2, 0.25) is 0 Å². The lowest BCUT2D eigenvalue weighted by molar-refractivity contribution is -0.147. The number of allylic oxidation sites excluding steroid dienone is 1. The van der Waals surface area contributed by atoms with Gasteiger partial charge in [-0.3, -0.25) is 0 Å². The summed E-state index contributed by atoms with van der Waals surface area (Å²) in [6.45, 7) is 8.72. The number of unbranched alkanes of at least 4 members (excludes halogenated alkanes) is 5. The molecule has 0 amide bonds. The van der Waals surface area contributed by atoms with Crippen molar-refractivity contribution in [3.05, 3.63) is 37.3 Å². The van der Waals surface area contributed by atoms with Crippen molar-refractivity contribution >= 4 is 11.9 Å². The zero-order chi connectivity index (χ0) is 14.5. The first-order chi connectivity index (χ1) is 9.13. The van der Waals surface area contributed by atoms with Gasteiger partial charge >= 0.3 is 11.9 Å². The molecule has 0 bridgehead atoms. The summed E-state index contributed by atoms with van der Waals surface area (Å²) in [5.41, 5.74) is 0. The van der Waals surface area contributed by atoms with E-state index >= 15 is 0 Å². The number of carbonyl (C=O) groups excluding carboxylic acids is 2. The summed E-state index contributed by atoms with van der Waals surface area (Å²) in [6, 6.07) is 0. The normalized spacial score (nSPS) is 9.32. The molecule has 0 aromatic heterocycles. The highest BCUT2D eigenvalue weighted by Crippen LogP contribution is 2.09. The van der Waals surface area contributed by atoms with Crippen molar-refractivity contribution in [1.29, 1.82) is 0 Å². The summed E-state index contributed by atoms with van der Waals surface area (Å²) >= 11 is 0. The molecular formula is C15H22O4. The van der Waals surface area contributed by atoms with E-state index in [1.165, 1.54) is 19.3 Å². The summed E-state index contributed by atoms with van der Waals surface area (Å²) in [7, 11) is 0. The van der Waals surface area contributed by atoms with Crippen LogP contribution in [0.1, 0.15) is 45.4 Å². The van der Waals surface area contributed by atoms with Gasteiger partial charge < -0.3 is 9.47 Å². The summed E-state index contributed by atoms with van der Waals surface area (Å²) in [5, 5.41) is 0. The molecule has 4 heteroatoms. The average Bonchev–Trinajstić information content (AvgIpc) is 2.41. The van der Waals surface area contributed by atoms with E-state index in [1.54, 1.807) is 6.08 Å². The largest absolute Gasteiger partial charge is 0.390 e. The van der Waals surface area contributed by atoms with Crippen molar-refractivity contribution in [2.75, 3.05) is 0 Å². The van der Waals surface area contributed by atoms with Gasteiger partial charge in [0, 0.05) is 12.2 Å². The van der Waals surface area contributed by atoms with Crippen molar-refractivity contribution in [2.45, 2.75) is 45.4 Å². The fourth-order valence-corrected chi connectivity index (χ4v) is 1.35. The number of carbonyl (C=O) groups is 2. The van der Waals surface area contributed by atoms with Crippen LogP contribution in [0.5, 0.6) is 0 Å². The molecule has 0 fully saturated rings. The number of hydrogen-bond donors (Lipinski definition) is 0. The molecule has 0 aromatic carbocycles. The molecule has 0 radical (unpaired) electrons. The van der Waals surface area contributed by atoms with E-state index in [2.05, 4.69) is 20.1 Å². The maximum Gasteiger partial charge on any atom is 0.337 e. The molecule has 0 heterocycles. The molecule has 106 valence electrons. The Hall–Kier alpha value is -1.84. The smallest absolute Gasteiger partial charge is 0.337 e. The number of rotatable bonds is 10. The van der Waals surface area contributed by atoms with Crippen molar-refractivity contribution in [3.63, 3.8) is 0 Å². The first-order valence-electron chi connectivity index (χ1n) is 6.52. The minimum atomic E-state index is -0.658. The molecule has 0 aliphatic heterocycles. The lowest BCUT2D eigenvalue weighted by Crippen LogP contribution is -2.07. The Labute approximate surface area is 114 Å². The maximum absolute atomic E-state index is 11.1. The Kier molecular flexibility index (Phi) is 10.2. The molecule has 4 nitrogen and oxygen atoms in total. The second-order valence-electron chi connectivity index (χ2n) is 3.98. The average molecular weight is 266 g/mol. The molecular weight excluding hydrogens is 244 g/mol. The van der Waals surface area contributed by atoms with Gasteiger partial charge in [-0.15, -0.1) is 0 Å². The predicted octanol–water partition coefficient (Wildman–Crippen LogP) is 3.65. The third-order valence-corrected chi connectivity index (χ3v) is 2.35. The summed E-state index contributed by atoms with van der Waals surface area (Å²) in [5.74, 6) is -1.42. The Morgan fingerprint density at radius 1 is 0.947 bits per heavy atom. The molecule has 0 rings (SSSR count). The van der Waals surface area contributed by atoms with E-state index in [4.69, 9.17) is 9.47 Å². The monoisotopic (exact) mass is 266 g/mol. The van der Waals surface area contributed by atoms with E-state index in [0.717, 1.165) is 25.0 Å². The van der Waals surface area contributed by atoms with E-state index in [9.17, 15) is 9.59 Å². The lowest BCUT2D eigenvalue weighted by atomic mass is 10.1. The van der Waals surface area contributed by atoms with Crippen LogP contribution in [0.3, 0.4) is 0 Å². The van der Waals surface area contributed by atoms with Crippen molar-refractivity contribution in [3.8, 4) is 0 Å². The van der Waals surface area contributed by atoms with Gasteiger partial charge in [-0.2, -0.15) is 0 Å². The fraction of sp³-hybridized carbons (Fsp3) is 0.467. The molecule has 0 saturated carbocycles. The van der Waals surface area contributed by atoms with Gasteiger partial charge in [0.1, 0.15) is 0 Å². The third-order valence-electron chi connectivity index (χ3n) is 2.35. The van der Waals surface area contributed by atoms with Gasteiger partial charge in [-0.05, 0) is 18.9 Å². The lowest BCUT2D eigenvalue weighted by Gasteiger charge is -2.06.